The number of carbonyl (C=O) groups is 2. The molecule has 1 aliphatic carbocycles. The van der Waals surface area contributed by atoms with Crippen LogP contribution < -0.4 is 14.2 Å². The Morgan fingerprint density at radius 2 is 1.64 bits per heavy atom. The molecule has 176 valence electrons. The van der Waals surface area contributed by atoms with E-state index in [-0.39, 0.29) is 24.4 Å². The Balaban J connectivity index is 1.72. The Kier molecular flexibility index (Phi) is 7.06. The van der Waals surface area contributed by atoms with Gasteiger partial charge in [-0.05, 0) is 48.2 Å². The van der Waals surface area contributed by atoms with Crippen molar-refractivity contribution in [3.05, 3.63) is 53.6 Å². The molecule has 2 fully saturated rings. The van der Waals surface area contributed by atoms with Gasteiger partial charge in [0.05, 0.1) is 21.3 Å². The first-order valence-electron chi connectivity index (χ1n) is 11.5. The minimum atomic E-state index is -0.723. The van der Waals surface area contributed by atoms with Crippen LogP contribution in [0.25, 0.3) is 0 Å². The fraction of sp³-hybridized carbons (Fsp3) is 0.462. The Bertz CT molecular complexity index is 1000. The lowest BCUT2D eigenvalue weighted by atomic mass is 9.91. The van der Waals surface area contributed by atoms with Gasteiger partial charge >= 0.3 is 0 Å². The molecule has 7 nitrogen and oxygen atoms in total. The maximum Gasteiger partial charge on any atom is 0.250 e. The van der Waals surface area contributed by atoms with Crippen molar-refractivity contribution < 1.29 is 23.8 Å². The lowest BCUT2D eigenvalue weighted by Gasteiger charge is -2.44. The van der Waals surface area contributed by atoms with Crippen molar-refractivity contribution in [2.45, 2.75) is 50.7 Å². The molecular weight excluding hydrogens is 420 g/mol. The summed E-state index contributed by atoms with van der Waals surface area (Å²) >= 11 is 0. The zero-order valence-corrected chi connectivity index (χ0v) is 19.6. The van der Waals surface area contributed by atoms with E-state index in [0.29, 0.717) is 18.0 Å². The largest absolute Gasteiger partial charge is 0.497 e. The van der Waals surface area contributed by atoms with Crippen LogP contribution in [0.4, 0.5) is 0 Å². The number of rotatable bonds is 7. The lowest BCUT2D eigenvalue weighted by molar-refractivity contribution is -0.160. The summed E-state index contributed by atoms with van der Waals surface area (Å²) in [6, 6.07) is 12.4. The highest BCUT2D eigenvalue weighted by molar-refractivity contribution is 5.96. The fourth-order valence-corrected chi connectivity index (χ4v) is 4.94. The number of carbonyl (C=O) groups excluding carboxylic acids is 2. The Hall–Kier alpha value is -3.22. The summed E-state index contributed by atoms with van der Waals surface area (Å²) in [4.78, 5) is 30.8. The number of methoxy groups -OCH3 is 3. The maximum absolute atomic E-state index is 13.9. The molecule has 0 aromatic heterocycles. The van der Waals surface area contributed by atoms with Gasteiger partial charge in [-0.2, -0.15) is 0 Å². The molecule has 4 rings (SSSR count). The number of benzene rings is 2. The monoisotopic (exact) mass is 452 g/mol. The van der Waals surface area contributed by atoms with Gasteiger partial charge in [0.1, 0.15) is 18.3 Å². The standard InChI is InChI=1S/C26H32N2O5/c1-31-21-11-7-8-18(14-21)16-28-24(29)17-27(20-9-5-4-6-10-20)26(30)25(28)19-12-13-22(32-2)23(15-19)33-3/h7-8,11-15,20,25H,4-6,9-10,16-17H2,1-3H3/t25-/m0/s1. The van der Waals surface area contributed by atoms with Crippen molar-refractivity contribution in [3.63, 3.8) is 0 Å². The molecule has 1 saturated carbocycles. The third-order valence-corrected chi connectivity index (χ3v) is 6.68. The summed E-state index contributed by atoms with van der Waals surface area (Å²) in [7, 11) is 4.76. The van der Waals surface area contributed by atoms with E-state index in [0.717, 1.165) is 42.6 Å². The number of hydrogen-bond donors (Lipinski definition) is 0. The smallest absolute Gasteiger partial charge is 0.250 e. The van der Waals surface area contributed by atoms with Crippen LogP contribution >= 0.6 is 0 Å². The van der Waals surface area contributed by atoms with E-state index in [1.807, 2.05) is 35.2 Å². The Morgan fingerprint density at radius 3 is 2.33 bits per heavy atom. The van der Waals surface area contributed by atoms with Gasteiger partial charge in [0.25, 0.3) is 5.91 Å². The third kappa shape index (κ3) is 4.77. The van der Waals surface area contributed by atoms with Crippen LogP contribution in [0.5, 0.6) is 17.2 Å². The van der Waals surface area contributed by atoms with Crippen LogP contribution in [-0.2, 0) is 16.1 Å². The second-order valence-electron chi connectivity index (χ2n) is 8.65. The molecule has 0 N–H and O–H groups in total. The van der Waals surface area contributed by atoms with Gasteiger partial charge in [0.15, 0.2) is 11.5 Å². The van der Waals surface area contributed by atoms with E-state index in [2.05, 4.69) is 0 Å². The topological polar surface area (TPSA) is 68.3 Å². The van der Waals surface area contributed by atoms with Crippen LogP contribution in [0.3, 0.4) is 0 Å². The first-order chi connectivity index (χ1) is 16.0. The highest BCUT2D eigenvalue weighted by Gasteiger charge is 2.43. The molecule has 0 spiro atoms. The molecule has 2 aromatic carbocycles. The van der Waals surface area contributed by atoms with Crippen molar-refractivity contribution in [3.8, 4) is 17.2 Å². The SMILES string of the molecule is COc1cccc(CN2C(=O)CN(C3CCCCC3)C(=O)[C@@H]2c2ccc(OC)c(OC)c2)c1. The summed E-state index contributed by atoms with van der Waals surface area (Å²) in [5.41, 5.74) is 1.63. The number of nitrogens with zero attached hydrogens (tertiary/aromatic N) is 2. The predicted molar refractivity (Wildman–Crippen MR) is 124 cm³/mol. The number of hydrogen-bond acceptors (Lipinski definition) is 5. The lowest BCUT2D eigenvalue weighted by Crippen LogP contribution is -2.58. The van der Waals surface area contributed by atoms with Crippen LogP contribution in [0.1, 0.15) is 49.3 Å². The van der Waals surface area contributed by atoms with Gasteiger partial charge in [-0.1, -0.05) is 37.5 Å². The summed E-state index contributed by atoms with van der Waals surface area (Å²) < 4.78 is 16.2. The van der Waals surface area contributed by atoms with E-state index in [1.54, 1.807) is 38.4 Å². The normalized spacial score (nSPS) is 19.5. The van der Waals surface area contributed by atoms with E-state index >= 15 is 0 Å². The van der Waals surface area contributed by atoms with Crippen LogP contribution in [-0.4, -0.2) is 55.5 Å². The van der Waals surface area contributed by atoms with Crippen molar-refractivity contribution >= 4 is 11.8 Å². The van der Waals surface area contributed by atoms with Gasteiger partial charge in [0, 0.05) is 12.6 Å². The molecule has 1 saturated heterocycles. The first kappa shape index (κ1) is 23.0. The molecule has 33 heavy (non-hydrogen) atoms. The molecule has 7 heteroatoms. The molecule has 1 aliphatic heterocycles. The molecule has 0 unspecified atom stereocenters. The Morgan fingerprint density at radius 1 is 0.879 bits per heavy atom. The third-order valence-electron chi connectivity index (χ3n) is 6.68. The van der Waals surface area contributed by atoms with Crippen molar-refractivity contribution in [1.82, 2.24) is 9.80 Å². The molecule has 1 atom stereocenters. The zero-order chi connectivity index (χ0) is 23.4. The van der Waals surface area contributed by atoms with E-state index < -0.39 is 6.04 Å². The second-order valence-corrected chi connectivity index (χ2v) is 8.65. The Labute approximate surface area is 195 Å². The number of amides is 2. The van der Waals surface area contributed by atoms with Crippen molar-refractivity contribution in [2.24, 2.45) is 0 Å². The number of ether oxygens (including phenoxy) is 3. The number of piperazine rings is 1. The summed E-state index contributed by atoms with van der Waals surface area (Å²) in [6.07, 6.45) is 5.28. The van der Waals surface area contributed by atoms with Crippen LogP contribution in [0.15, 0.2) is 42.5 Å². The molecule has 1 heterocycles. The van der Waals surface area contributed by atoms with E-state index in [9.17, 15) is 9.59 Å². The van der Waals surface area contributed by atoms with E-state index in [1.165, 1.54) is 6.42 Å². The molecule has 0 radical (unpaired) electrons. The van der Waals surface area contributed by atoms with Gasteiger partial charge < -0.3 is 24.0 Å². The quantitative estimate of drug-likeness (QED) is 0.636. The summed E-state index contributed by atoms with van der Waals surface area (Å²) in [5, 5.41) is 0. The average molecular weight is 453 g/mol. The zero-order valence-electron chi connectivity index (χ0n) is 19.6. The minimum Gasteiger partial charge on any atom is -0.497 e. The molecular formula is C26H32N2O5. The highest BCUT2D eigenvalue weighted by atomic mass is 16.5. The minimum absolute atomic E-state index is 0.0309. The fourth-order valence-electron chi connectivity index (χ4n) is 4.94. The second kappa shape index (κ2) is 10.1. The highest BCUT2D eigenvalue weighted by Crippen LogP contribution is 2.37. The average Bonchev–Trinajstić information content (AvgIpc) is 2.86. The van der Waals surface area contributed by atoms with Crippen molar-refractivity contribution in [1.29, 1.82) is 0 Å². The summed E-state index contributed by atoms with van der Waals surface area (Å²) in [6.45, 7) is 0.441. The molecule has 2 aliphatic rings. The molecule has 2 amide bonds. The molecule has 0 bridgehead atoms. The van der Waals surface area contributed by atoms with Gasteiger partial charge in [-0.15, -0.1) is 0 Å². The van der Waals surface area contributed by atoms with Crippen molar-refractivity contribution in [2.75, 3.05) is 27.9 Å². The first-order valence-corrected chi connectivity index (χ1v) is 11.5. The van der Waals surface area contributed by atoms with Gasteiger partial charge in [0.2, 0.25) is 5.91 Å². The van der Waals surface area contributed by atoms with Crippen LogP contribution in [0.2, 0.25) is 0 Å². The maximum atomic E-state index is 13.9. The van der Waals surface area contributed by atoms with E-state index in [4.69, 9.17) is 14.2 Å². The van der Waals surface area contributed by atoms with Gasteiger partial charge in [-0.25, -0.2) is 0 Å². The van der Waals surface area contributed by atoms with Crippen LogP contribution in [0, 0.1) is 0 Å². The molecule has 2 aromatic rings. The predicted octanol–water partition coefficient (Wildman–Crippen LogP) is 3.96. The summed E-state index contributed by atoms with van der Waals surface area (Å²) in [5.74, 6) is 1.75. The van der Waals surface area contributed by atoms with Gasteiger partial charge in [-0.3, -0.25) is 9.59 Å².